The summed E-state index contributed by atoms with van der Waals surface area (Å²) >= 11 is 6.25. The smallest absolute Gasteiger partial charge is 0.264 e. The molecule has 4 aromatic carbocycles. The lowest BCUT2D eigenvalue weighted by Gasteiger charge is -2.34. The van der Waals surface area contributed by atoms with Gasteiger partial charge in [-0.25, -0.2) is 12.8 Å². The van der Waals surface area contributed by atoms with Gasteiger partial charge in [0.1, 0.15) is 18.4 Å². The SMILES string of the molecule is CC(C)NC(=O)C(Cc1ccccc1)N(Cc1cccc(Cl)c1)C(=O)CN(c1ccccc1)S(=O)(=O)c1ccc(F)cc1. The Bertz CT molecular complexity index is 1640. The van der Waals surface area contributed by atoms with Gasteiger partial charge in [-0.15, -0.1) is 0 Å². The second-order valence-electron chi connectivity index (χ2n) is 10.3. The third-order valence-electron chi connectivity index (χ3n) is 6.67. The molecule has 10 heteroatoms. The third-order valence-corrected chi connectivity index (χ3v) is 8.69. The van der Waals surface area contributed by atoms with Crippen molar-refractivity contribution in [2.45, 2.75) is 43.8 Å². The van der Waals surface area contributed by atoms with Gasteiger partial charge in [-0.05, 0) is 73.5 Å². The van der Waals surface area contributed by atoms with Crippen molar-refractivity contribution in [2.24, 2.45) is 0 Å². The molecule has 0 fully saturated rings. The number of carbonyl (C=O) groups excluding carboxylic acids is 2. The van der Waals surface area contributed by atoms with Gasteiger partial charge in [0.2, 0.25) is 11.8 Å². The van der Waals surface area contributed by atoms with Crippen LogP contribution in [0.5, 0.6) is 0 Å². The highest BCUT2D eigenvalue weighted by Crippen LogP contribution is 2.25. The predicted molar refractivity (Wildman–Crippen MR) is 167 cm³/mol. The summed E-state index contributed by atoms with van der Waals surface area (Å²) in [6.45, 7) is 3.05. The number of nitrogens with zero attached hydrogens (tertiary/aromatic N) is 2. The lowest BCUT2D eigenvalue weighted by molar-refractivity contribution is -0.140. The molecule has 0 bridgehead atoms. The molecule has 0 spiro atoms. The Labute approximate surface area is 257 Å². The van der Waals surface area contributed by atoms with E-state index in [0.29, 0.717) is 10.6 Å². The number of nitrogens with one attached hydrogen (secondary N) is 1. The van der Waals surface area contributed by atoms with Crippen LogP contribution < -0.4 is 9.62 Å². The number of benzene rings is 4. The molecule has 7 nitrogen and oxygen atoms in total. The molecule has 2 amide bonds. The van der Waals surface area contributed by atoms with Crippen molar-refractivity contribution in [1.82, 2.24) is 10.2 Å². The Morgan fingerprint density at radius 1 is 0.837 bits per heavy atom. The number of rotatable bonds is 12. The van der Waals surface area contributed by atoms with Crippen molar-refractivity contribution in [2.75, 3.05) is 10.8 Å². The van der Waals surface area contributed by atoms with Crippen molar-refractivity contribution < 1.29 is 22.4 Å². The van der Waals surface area contributed by atoms with Crippen LogP contribution in [0.2, 0.25) is 5.02 Å². The molecule has 43 heavy (non-hydrogen) atoms. The molecule has 0 aromatic heterocycles. The fourth-order valence-electron chi connectivity index (χ4n) is 4.62. The molecule has 0 saturated heterocycles. The van der Waals surface area contributed by atoms with E-state index < -0.39 is 34.3 Å². The number of para-hydroxylation sites is 1. The number of carbonyl (C=O) groups is 2. The van der Waals surface area contributed by atoms with Crippen LogP contribution in [0.25, 0.3) is 0 Å². The number of amides is 2. The van der Waals surface area contributed by atoms with Gasteiger partial charge in [0.05, 0.1) is 10.6 Å². The van der Waals surface area contributed by atoms with Crippen molar-refractivity contribution in [3.05, 3.63) is 131 Å². The fourth-order valence-corrected chi connectivity index (χ4v) is 6.25. The summed E-state index contributed by atoms with van der Waals surface area (Å²) in [7, 11) is -4.31. The highest BCUT2D eigenvalue weighted by Gasteiger charge is 2.34. The van der Waals surface area contributed by atoms with Gasteiger partial charge < -0.3 is 10.2 Å². The number of hydrogen-bond donors (Lipinski definition) is 1. The number of anilines is 1. The van der Waals surface area contributed by atoms with Crippen molar-refractivity contribution >= 4 is 39.1 Å². The minimum atomic E-state index is -4.31. The third kappa shape index (κ3) is 8.43. The standard InChI is InChI=1S/C33H33ClFN3O4S/c1-24(2)36-33(40)31(21-25-10-5-3-6-11-25)37(22-26-12-9-13-27(34)20-26)32(39)23-38(29-14-7-4-8-15-29)43(41,42)30-18-16-28(35)17-19-30/h3-20,24,31H,21-23H2,1-2H3,(H,36,40). The van der Waals surface area contributed by atoms with Gasteiger partial charge in [0.25, 0.3) is 10.0 Å². The molecule has 4 rings (SSSR count). The maximum absolute atomic E-state index is 14.3. The minimum Gasteiger partial charge on any atom is -0.352 e. The van der Waals surface area contributed by atoms with E-state index in [9.17, 15) is 22.4 Å². The zero-order valence-electron chi connectivity index (χ0n) is 23.9. The molecule has 1 N–H and O–H groups in total. The van der Waals surface area contributed by atoms with Crippen molar-refractivity contribution in [3.8, 4) is 0 Å². The number of halogens is 2. The quantitative estimate of drug-likeness (QED) is 0.215. The number of hydrogen-bond acceptors (Lipinski definition) is 4. The van der Waals surface area contributed by atoms with E-state index in [4.69, 9.17) is 11.6 Å². The first-order valence-corrected chi connectivity index (χ1v) is 15.6. The second kappa shape index (κ2) is 14.3. The van der Waals surface area contributed by atoms with Crippen molar-refractivity contribution in [1.29, 1.82) is 0 Å². The molecule has 0 aliphatic heterocycles. The molecule has 0 radical (unpaired) electrons. The lowest BCUT2D eigenvalue weighted by Crippen LogP contribution is -2.54. The van der Waals surface area contributed by atoms with E-state index in [0.717, 1.165) is 34.1 Å². The monoisotopic (exact) mass is 621 g/mol. The number of sulfonamides is 1. The van der Waals surface area contributed by atoms with Gasteiger partial charge in [-0.1, -0.05) is 72.3 Å². The van der Waals surface area contributed by atoms with Crippen LogP contribution in [0.1, 0.15) is 25.0 Å². The first kappa shape index (κ1) is 31.7. The summed E-state index contributed by atoms with van der Waals surface area (Å²) in [5, 5.41) is 3.37. The summed E-state index contributed by atoms with van der Waals surface area (Å²) in [6, 6.07) is 27.7. The molecule has 0 aliphatic carbocycles. The van der Waals surface area contributed by atoms with Crippen LogP contribution in [0.4, 0.5) is 10.1 Å². The van der Waals surface area contributed by atoms with Crippen molar-refractivity contribution in [3.63, 3.8) is 0 Å². The highest BCUT2D eigenvalue weighted by atomic mass is 35.5. The summed E-state index contributed by atoms with van der Waals surface area (Å²) in [6.07, 6.45) is 0.196. The Morgan fingerprint density at radius 2 is 1.44 bits per heavy atom. The molecule has 224 valence electrons. The van der Waals surface area contributed by atoms with E-state index >= 15 is 0 Å². The Balaban J connectivity index is 1.79. The maximum Gasteiger partial charge on any atom is 0.264 e. The maximum atomic E-state index is 14.3. The van der Waals surface area contributed by atoms with E-state index in [1.54, 1.807) is 54.6 Å². The summed E-state index contributed by atoms with van der Waals surface area (Å²) in [5.41, 5.74) is 1.74. The highest BCUT2D eigenvalue weighted by molar-refractivity contribution is 7.92. The molecular weight excluding hydrogens is 589 g/mol. The summed E-state index contributed by atoms with van der Waals surface area (Å²) in [5.74, 6) is -1.56. The lowest BCUT2D eigenvalue weighted by atomic mass is 10.0. The molecular formula is C33H33ClFN3O4S. The van der Waals surface area contributed by atoms with Crippen LogP contribution in [0.15, 0.2) is 114 Å². The zero-order valence-corrected chi connectivity index (χ0v) is 25.4. The first-order valence-electron chi connectivity index (χ1n) is 13.8. The Kier molecular flexibility index (Phi) is 10.6. The molecule has 1 unspecified atom stereocenters. The summed E-state index contributed by atoms with van der Waals surface area (Å²) in [4.78, 5) is 29.2. The van der Waals surface area contributed by atoms with Crippen LogP contribution in [0.3, 0.4) is 0 Å². The molecule has 0 heterocycles. The first-order chi connectivity index (χ1) is 20.5. The second-order valence-corrected chi connectivity index (χ2v) is 12.6. The van der Waals surface area contributed by atoms with Crippen LogP contribution in [-0.2, 0) is 32.6 Å². The van der Waals surface area contributed by atoms with E-state index in [-0.39, 0.29) is 35.5 Å². The van der Waals surface area contributed by atoms with Gasteiger partial charge in [-0.3, -0.25) is 13.9 Å². The normalized spacial score (nSPS) is 12.0. The van der Waals surface area contributed by atoms with Crippen LogP contribution in [0, 0.1) is 5.82 Å². The predicted octanol–water partition coefficient (Wildman–Crippen LogP) is 5.84. The molecule has 0 saturated carbocycles. The van der Waals surface area contributed by atoms with E-state index in [1.807, 2.05) is 44.2 Å². The Morgan fingerprint density at radius 3 is 2.05 bits per heavy atom. The van der Waals surface area contributed by atoms with E-state index in [1.165, 1.54) is 4.90 Å². The van der Waals surface area contributed by atoms with Gasteiger partial charge in [0, 0.05) is 24.0 Å². The van der Waals surface area contributed by atoms with Gasteiger partial charge in [-0.2, -0.15) is 0 Å². The van der Waals surface area contributed by atoms with Crippen LogP contribution >= 0.6 is 11.6 Å². The Hall–Kier alpha value is -4.21. The zero-order chi connectivity index (χ0) is 31.0. The topological polar surface area (TPSA) is 86.8 Å². The minimum absolute atomic E-state index is 0.00162. The van der Waals surface area contributed by atoms with Gasteiger partial charge >= 0.3 is 0 Å². The molecule has 4 aromatic rings. The molecule has 0 aliphatic rings. The average Bonchev–Trinajstić information content (AvgIpc) is 2.98. The molecule has 1 atom stereocenters. The fraction of sp³-hybridized carbons (Fsp3) is 0.212. The van der Waals surface area contributed by atoms with E-state index in [2.05, 4.69) is 5.32 Å². The average molecular weight is 622 g/mol. The van der Waals surface area contributed by atoms with Gasteiger partial charge in [0.15, 0.2) is 0 Å². The van der Waals surface area contributed by atoms with Crippen LogP contribution in [-0.4, -0.2) is 43.8 Å². The summed E-state index contributed by atoms with van der Waals surface area (Å²) < 4.78 is 42.4. The largest absolute Gasteiger partial charge is 0.352 e.